The first-order valence-corrected chi connectivity index (χ1v) is 7.72. The molecule has 1 saturated heterocycles. The molecule has 1 heterocycles. The standard InChI is InChI=1S/C16H21ClN2O2/c1-3-4-13(11-5-7-12(17)8-6-11)18-14-9-10-15(20)19(2)16(14)21/h5-8,13-14,18H,3-4,9-10H2,1-2H3. The van der Waals surface area contributed by atoms with Crippen LogP contribution in [0.25, 0.3) is 0 Å². The minimum Gasteiger partial charge on any atom is -0.299 e. The molecule has 0 spiro atoms. The molecular weight excluding hydrogens is 288 g/mol. The fourth-order valence-corrected chi connectivity index (χ4v) is 2.77. The minimum atomic E-state index is -0.292. The average Bonchev–Trinajstić information content (AvgIpc) is 2.48. The van der Waals surface area contributed by atoms with Crippen molar-refractivity contribution in [3.8, 4) is 0 Å². The molecule has 1 N–H and O–H groups in total. The van der Waals surface area contributed by atoms with E-state index in [2.05, 4.69) is 12.2 Å². The largest absolute Gasteiger partial charge is 0.299 e. The van der Waals surface area contributed by atoms with Crippen LogP contribution in [0.2, 0.25) is 5.02 Å². The van der Waals surface area contributed by atoms with Crippen molar-refractivity contribution in [1.29, 1.82) is 0 Å². The molecule has 4 nitrogen and oxygen atoms in total. The van der Waals surface area contributed by atoms with Gasteiger partial charge in [-0.2, -0.15) is 0 Å². The molecule has 1 fully saturated rings. The Bertz CT molecular complexity index is 516. The van der Waals surface area contributed by atoms with Gasteiger partial charge in [-0.1, -0.05) is 37.1 Å². The van der Waals surface area contributed by atoms with Gasteiger partial charge in [-0.3, -0.25) is 19.8 Å². The van der Waals surface area contributed by atoms with Crippen LogP contribution in [0.3, 0.4) is 0 Å². The lowest BCUT2D eigenvalue weighted by atomic mass is 9.98. The number of nitrogens with zero attached hydrogens (tertiary/aromatic N) is 1. The second-order valence-corrected chi connectivity index (χ2v) is 5.88. The number of amides is 2. The quantitative estimate of drug-likeness (QED) is 0.851. The summed E-state index contributed by atoms with van der Waals surface area (Å²) in [6, 6.07) is 7.50. The zero-order valence-electron chi connectivity index (χ0n) is 12.4. The highest BCUT2D eigenvalue weighted by molar-refractivity contribution is 6.30. The van der Waals surface area contributed by atoms with Gasteiger partial charge >= 0.3 is 0 Å². The second-order valence-electron chi connectivity index (χ2n) is 5.44. The van der Waals surface area contributed by atoms with Crippen molar-refractivity contribution < 1.29 is 9.59 Å². The highest BCUT2D eigenvalue weighted by Gasteiger charge is 2.32. The Balaban J connectivity index is 2.11. The maximum Gasteiger partial charge on any atom is 0.246 e. The maximum absolute atomic E-state index is 12.2. The number of piperidine rings is 1. The third-order valence-corrected chi connectivity index (χ3v) is 4.15. The van der Waals surface area contributed by atoms with Crippen molar-refractivity contribution in [2.45, 2.75) is 44.7 Å². The lowest BCUT2D eigenvalue weighted by Crippen LogP contribution is -2.52. The summed E-state index contributed by atoms with van der Waals surface area (Å²) in [6.07, 6.45) is 2.92. The number of halogens is 1. The summed E-state index contributed by atoms with van der Waals surface area (Å²) >= 11 is 5.92. The van der Waals surface area contributed by atoms with Gasteiger partial charge in [0.25, 0.3) is 0 Å². The van der Waals surface area contributed by atoms with Crippen LogP contribution < -0.4 is 5.32 Å². The molecule has 0 saturated carbocycles. The smallest absolute Gasteiger partial charge is 0.246 e. The molecule has 5 heteroatoms. The van der Waals surface area contributed by atoms with E-state index < -0.39 is 0 Å². The summed E-state index contributed by atoms with van der Waals surface area (Å²) in [7, 11) is 1.55. The normalized spacial score (nSPS) is 20.7. The van der Waals surface area contributed by atoms with E-state index in [1.807, 2.05) is 24.3 Å². The van der Waals surface area contributed by atoms with Crippen molar-refractivity contribution in [2.75, 3.05) is 7.05 Å². The molecule has 2 rings (SSSR count). The first-order chi connectivity index (χ1) is 10.0. The SMILES string of the molecule is CCCC(NC1CCC(=O)N(C)C1=O)c1ccc(Cl)cc1. The van der Waals surface area contributed by atoms with Gasteiger partial charge in [0.05, 0.1) is 6.04 Å². The first kappa shape index (κ1) is 16.0. The van der Waals surface area contributed by atoms with Crippen LogP contribution in [-0.4, -0.2) is 29.8 Å². The number of likely N-dealkylation sites (N-methyl/N-ethyl adjacent to an activating group) is 1. The Hall–Kier alpha value is -1.39. The van der Waals surface area contributed by atoms with E-state index in [4.69, 9.17) is 11.6 Å². The van der Waals surface area contributed by atoms with E-state index in [-0.39, 0.29) is 23.9 Å². The van der Waals surface area contributed by atoms with E-state index in [1.54, 1.807) is 7.05 Å². The average molecular weight is 309 g/mol. The van der Waals surface area contributed by atoms with Crippen molar-refractivity contribution in [2.24, 2.45) is 0 Å². The molecule has 0 radical (unpaired) electrons. The van der Waals surface area contributed by atoms with Gasteiger partial charge < -0.3 is 0 Å². The van der Waals surface area contributed by atoms with Crippen molar-refractivity contribution in [3.05, 3.63) is 34.9 Å². The Kier molecular flexibility index (Phi) is 5.37. The number of imide groups is 1. The maximum atomic E-state index is 12.2. The predicted molar refractivity (Wildman–Crippen MR) is 83.0 cm³/mol. The lowest BCUT2D eigenvalue weighted by molar-refractivity contribution is -0.148. The van der Waals surface area contributed by atoms with E-state index in [0.717, 1.165) is 18.4 Å². The Labute approximate surface area is 130 Å². The van der Waals surface area contributed by atoms with Gasteiger partial charge in [0, 0.05) is 24.5 Å². The molecule has 2 unspecified atom stereocenters. The highest BCUT2D eigenvalue weighted by Crippen LogP contribution is 2.23. The number of nitrogens with one attached hydrogen (secondary N) is 1. The summed E-state index contributed by atoms with van der Waals surface area (Å²) in [5.74, 6) is -0.238. The molecular formula is C16H21ClN2O2. The van der Waals surface area contributed by atoms with Crippen LogP contribution >= 0.6 is 11.6 Å². The van der Waals surface area contributed by atoms with Gasteiger partial charge in [-0.05, 0) is 30.5 Å². The topological polar surface area (TPSA) is 49.4 Å². The molecule has 21 heavy (non-hydrogen) atoms. The number of carbonyl (C=O) groups is 2. The van der Waals surface area contributed by atoms with Crippen LogP contribution in [0.15, 0.2) is 24.3 Å². The molecule has 1 aliphatic heterocycles. The molecule has 0 bridgehead atoms. The van der Waals surface area contributed by atoms with Crippen molar-refractivity contribution in [3.63, 3.8) is 0 Å². The first-order valence-electron chi connectivity index (χ1n) is 7.34. The Morgan fingerprint density at radius 2 is 2.00 bits per heavy atom. The molecule has 1 aromatic rings. The third-order valence-electron chi connectivity index (χ3n) is 3.90. The summed E-state index contributed by atoms with van der Waals surface area (Å²) in [5.41, 5.74) is 1.12. The van der Waals surface area contributed by atoms with E-state index in [0.29, 0.717) is 17.9 Å². The number of hydrogen-bond donors (Lipinski definition) is 1. The summed E-state index contributed by atoms with van der Waals surface area (Å²) in [5, 5.41) is 4.11. The van der Waals surface area contributed by atoms with Crippen LogP contribution in [0.4, 0.5) is 0 Å². The molecule has 2 amide bonds. The number of hydrogen-bond acceptors (Lipinski definition) is 3. The molecule has 0 aromatic heterocycles. The summed E-state index contributed by atoms with van der Waals surface area (Å²) in [6.45, 7) is 2.11. The van der Waals surface area contributed by atoms with Crippen molar-refractivity contribution in [1.82, 2.24) is 10.2 Å². The molecule has 0 aliphatic carbocycles. The van der Waals surface area contributed by atoms with Gasteiger partial charge in [0.1, 0.15) is 0 Å². The Morgan fingerprint density at radius 3 is 2.62 bits per heavy atom. The van der Waals surface area contributed by atoms with Crippen LogP contribution in [-0.2, 0) is 9.59 Å². The van der Waals surface area contributed by atoms with Crippen LogP contribution in [0.5, 0.6) is 0 Å². The molecule has 2 atom stereocenters. The van der Waals surface area contributed by atoms with E-state index >= 15 is 0 Å². The highest BCUT2D eigenvalue weighted by atomic mass is 35.5. The Morgan fingerprint density at radius 1 is 1.33 bits per heavy atom. The third kappa shape index (κ3) is 3.83. The fourth-order valence-electron chi connectivity index (χ4n) is 2.64. The van der Waals surface area contributed by atoms with Gasteiger partial charge in [0.2, 0.25) is 11.8 Å². The predicted octanol–water partition coefficient (Wildman–Crippen LogP) is 2.92. The van der Waals surface area contributed by atoms with E-state index in [9.17, 15) is 9.59 Å². The zero-order valence-corrected chi connectivity index (χ0v) is 13.2. The van der Waals surface area contributed by atoms with Crippen LogP contribution in [0, 0.1) is 0 Å². The number of rotatable bonds is 5. The monoisotopic (exact) mass is 308 g/mol. The number of benzene rings is 1. The van der Waals surface area contributed by atoms with Gasteiger partial charge in [-0.15, -0.1) is 0 Å². The molecule has 1 aromatic carbocycles. The fraction of sp³-hybridized carbons (Fsp3) is 0.500. The number of carbonyl (C=O) groups excluding carboxylic acids is 2. The number of likely N-dealkylation sites (tertiary alicyclic amines) is 1. The van der Waals surface area contributed by atoms with Crippen LogP contribution in [0.1, 0.15) is 44.2 Å². The van der Waals surface area contributed by atoms with Gasteiger partial charge in [-0.25, -0.2) is 0 Å². The lowest BCUT2D eigenvalue weighted by Gasteiger charge is -2.31. The minimum absolute atomic E-state index is 0.0998. The second kappa shape index (κ2) is 7.05. The molecule has 114 valence electrons. The summed E-state index contributed by atoms with van der Waals surface area (Å²) in [4.78, 5) is 24.9. The van der Waals surface area contributed by atoms with E-state index in [1.165, 1.54) is 4.90 Å². The zero-order chi connectivity index (χ0) is 15.4. The summed E-state index contributed by atoms with van der Waals surface area (Å²) < 4.78 is 0. The van der Waals surface area contributed by atoms with Crippen molar-refractivity contribution >= 4 is 23.4 Å². The molecule has 1 aliphatic rings. The van der Waals surface area contributed by atoms with Gasteiger partial charge in [0.15, 0.2) is 0 Å².